The van der Waals surface area contributed by atoms with E-state index >= 15 is 0 Å². The van der Waals surface area contributed by atoms with Gasteiger partial charge in [-0.3, -0.25) is 14.6 Å². The lowest BCUT2D eigenvalue weighted by molar-refractivity contribution is -0.184. The molecule has 1 N–H and O–H groups in total. The summed E-state index contributed by atoms with van der Waals surface area (Å²) in [5.41, 5.74) is 1.42. The van der Waals surface area contributed by atoms with Crippen LogP contribution in [0.3, 0.4) is 0 Å². The van der Waals surface area contributed by atoms with Crippen molar-refractivity contribution < 1.29 is 18.0 Å². The highest BCUT2D eigenvalue weighted by molar-refractivity contribution is 5.75. The summed E-state index contributed by atoms with van der Waals surface area (Å²) in [7, 11) is 1.85. The van der Waals surface area contributed by atoms with Crippen LogP contribution in [-0.2, 0) is 0 Å². The summed E-state index contributed by atoms with van der Waals surface area (Å²) >= 11 is 0. The lowest BCUT2D eigenvalue weighted by atomic mass is 9.97. The summed E-state index contributed by atoms with van der Waals surface area (Å²) in [6.07, 6.45) is -1.20. The molecule has 0 aliphatic carbocycles. The van der Waals surface area contributed by atoms with Crippen molar-refractivity contribution in [3.05, 3.63) is 39.6 Å². The number of carbonyl (C=O) groups excluding carboxylic acids is 1. The largest absolute Gasteiger partial charge is 0.391 e. The molecule has 1 aliphatic heterocycles. The van der Waals surface area contributed by atoms with Crippen molar-refractivity contribution in [1.82, 2.24) is 24.6 Å². The number of hydrogen-bond donors (Lipinski definition) is 1. The van der Waals surface area contributed by atoms with Gasteiger partial charge in [-0.1, -0.05) is 0 Å². The van der Waals surface area contributed by atoms with Crippen molar-refractivity contribution in [2.45, 2.75) is 32.9 Å². The smallest absolute Gasteiger partial charge is 0.306 e. The SMILES string of the molecule is CN1CCC(C(F)(F)F)CC1.Cc1cc(=O)[nH]c(-n2cc(C=O)c(C)n2)n1. The van der Waals surface area contributed by atoms with E-state index in [4.69, 9.17) is 0 Å². The Labute approximate surface area is 154 Å². The molecule has 1 aliphatic rings. The van der Waals surface area contributed by atoms with Crippen LogP contribution in [0.25, 0.3) is 5.95 Å². The molecule has 10 heteroatoms. The first kappa shape index (κ1) is 20.8. The molecule has 7 nitrogen and oxygen atoms in total. The van der Waals surface area contributed by atoms with Crippen LogP contribution < -0.4 is 5.56 Å². The molecule has 0 bridgehead atoms. The summed E-state index contributed by atoms with van der Waals surface area (Å²) in [4.78, 5) is 30.5. The molecule has 2 aromatic heterocycles. The normalized spacial score (nSPS) is 15.9. The molecule has 0 spiro atoms. The maximum atomic E-state index is 12.0. The summed E-state index contributed by atoms with van der Waals surface area (Å²) in [5, 5.41) is 4.09. The second kappa shape index (κ2) is 8.47. The summed E-state index contributed by atoms with van der Waals surface area (Å²) in [6.45, 7) is 4.58. The van der Waals surface area contributed by atoms with E-state index in [-0.39, 0.29) is 18.4 Å². The standard InChI is InChI=1S/C10H10N4O2.C7H12F3N/c1-6-3-9(16)12-10(11-6)14-4-8(5-15)7(2)13-14;1-11-4-2-6(3-5-11)7(8,9)10/h3-5H,1-2H3,(H,11,12,16);6H,2-5H2,1H3. The minimum atomic E-state index is -3.97. The molecule has 0 unspecified atom stereocenters. The van der Waals surface area contributed by atoms with Gasteiger partial charge in [-0.25, -0.2) is 9.67 Å². The number of likely N-dealkylation sites (tertiary alicyclic amines) is 1. The minimum Gasteiger partial charge on any atom is -0.306 e. The highest BCUT2D eigenvalue weighted by Crippen LogP contribution is 2.33. The molecule has 0 amide bonds. The average molecular weight is 385 g/mol. The zero-order valence-corrected chi connectivity index (χ0v) is 15.4. The highest BCUT2D eigenvalue weighted by atomic mass is 19.4. The van der Waals surface area contributed by atoms with Crippen molar-refractivity contribution in [2.75, 3.05) is 20.1 Å². The quantitative estimate of drug-likeness (QED) is 0.802. The fourth-order valence-electron chi connectivity index (χ4n) is 2.71. The van der Waals surface area contributed by atoms with Gasteiger partial charge in [-0.05, 0) is 46.8 Å². The lowest BCUT2D eigenvalue weighted by Crippen LogP contribution is -2.36. The third kappa shape index (κ3) is 5.75. The van der Waals surface area contributed by atoms with Crippen LogP contribution >= 0.6 is 0 Å². The average Bonchev–Trinajstić information content (AvgIpc) is 2.95. The van der Waals surface area contributed by atoms with Gasteiger partial charge in [0.15, 0.2) is 6.29 Å². The zero-order chi connectivity index (χ0) is 20.2. The maximum Gasteiger partial charge on any atom is 0.391 e. The van der Waals surface area contributed by atoms with Crippen LogP contribution in [-0.4, -0.2) is 57.2 Å². The van der Waals surface area contributed by atoms with Crippen LogP contribution in [0.4, 0.5) is 13.2 Å². The van der Waals surface area contributed by atoms with Gasteiger partial charge in [0.2, 0.25) is 5.95 Å². The van der Waals surface area contributed by atoms with Gasteiger partial charge >= 0.3 is 6.18 Å². The molecule has 1 fully saturated rings. The Morgan fingerprint density at radius 2 is 1.89 bits per heavy atom. The first-order chi connectivity index (χ1) is 12.6. The van der Waals surface area contributed by atoms with Crippen molar-refractivity contribution >= 4 is 6.29 Å². The number of alkyl halides is 3. The van der Waals surface area contributed by atoms with E-state index in [1.54, 1.807) is 13.8 Å². The van der Waals surface area contributed by atoms with Gasteiger partial charge in [0.05, 0.1) is 17.2 Å². The van der Waals surface area contributed by atoms with Crippen molar-refractivity contribution in [3.63, 3.8) is 0 Å². The molecular formula is C17H22F3N5O2. The Morgan fingerprint density at radius 3 is 2.37 bits per heavy atom. The Hall–Kier alpha value is -2.49. The van der Waals surface area contributed by atoms with Crippen LogP contribution in [0.5, 0.6) is 0 Å². The number of piperidine rings is 1. The first-order valence-corrected chi connectivity index (χ1v) is 8.45. The minimum absolute atomic E-state index is 0.247. The van der Waals surface area contributed by atoms with E-state index in [0.717, 1.165) is 0 Å². The predicted molar refractivity (Wildman–Crippen MR) is 93.1 cm³/mol. The number of H-pyrrole nitrogens is 1. The van der Waals surface area contributed by atoms with Gasteiger partial charge in [0.25, 0.3) is 5.56 Å². The van der Waals surface area contributed by atoms with Gasteiger partial charge in [0, 0.05) is 18.0 Å². The zero-order valence-electron chi connectivity index (χ0n) is 15.4. The van der Waals surface area contributed by atoms with Gasteiger partial charge < -0.3 is 4.90 Å². The number of aldehydes is 1. The van der Waals surface area contributed by atoms with E-state index in [2.05, 4.69) is 15.1 Å². The second-order valence-electron chi connectivity index (χ2n) is 6.56. The fourth-order valence-corrected chi connectivity index (χ4v) is 2.71. The lowest BCUT2D eigenvalue weighted by Gasteiger charge is -2.30. The van der Waals surface area contributed by atoms with Gasteiger partial charge in [-0.15, -0.1) is 0 Å². The molecule has 1 saturated heterocycles. The van der Waals surface area contributed by atoms with E-state index in [1.807, 2.05) is 11.9 Å². The van der Waals surface area contributed by atoms with E-state index in [1.165, 1.54) is 16.9 Å². The number of halogens is 3. The molecule has 3 heterocycles. The number of nitrogens with one attached hydrogen (secondary N) is 1. The van der Waals surface area contributed by atoms with Crippen molar-refractivity contribution in [1.29, 1.82) is 0 Å². The predicted octanol–water partition coefficient (Wildman–Crippen LogP) is 2.28. The molecule has 0 atom stereocenters. The van der Waals surface area contributed by atoms with Crippen molar-refractivity contribution in [3.8, 4) is 5.95 Å². The van der Waals surface area contributed by atoms with Gasteiger partial charge in [0.1, 0.15) is 0 Å². The molecule has 0 aromatic carbocycles. The Balaban J connectivity index is 0.000000208. The second-order valence-corrected chi connectivity index (χ2v) is 6.56. The molecule has 148 valence electrons. The number of carbonyl (C=O) groups is 1. The molecule has 0 saturated carbocycles. The number of hydrogen-bond acceptors (Lipinski definition) is 5. The third-order valence-corrected chi connectivity index (χ3v) is 4.32. The topological polar surface area (TPSA) is 83.9 Å². The van der Waals surface area contributed by atoms with E-state index in [9.17, 15) is 22.8 Å². The Morgan fingerprint density at radius 1 is 1.26 bits per heavy atom. The summed E-state index contributed by atoms with van der Waals surface area (Å²) in [5.74, 6) is -0.750. The number of aromatic nitrogens is 4. The van der Waals surface area contributed by atoms with E-state index < -0.39 is 12.1 Å². The molecule has 0 radical (unpaired) electrons. The number of nitrogens with zero attached hydrogens (tertiary/aromatic N) is 4. The molecule has 27 heavy (non-hydrogen) atoms. The molecule has 2 aromatic rings. The monoisotopic (exact) mass is 385 g/mol. The maximum absolute atomic E-state index is 12.0. The molecule has 3 rings (SSSR count). The Bertz CT molecular complexity index is 836. The van der Waals surface area contributed by atoms with Crippen molar-refractivity contribution in [2.24, 2.45) is 5.92 Å². The number of rotatable bonds is 2. The first-order valence-electron chi connectivity index (χ1n) is 8.45. The summed E-state index contributed by atoms with van der Waals surface area (Å²) in [6, 6.07) is 1.39. The highest BCUT2D eigenvalue weighted by Gasteiger charge is 2.40. The Kier molecular flexibility index (Phi) is 6.53. The van der Waals surface area contributed by atoms with Gasteiger partial charge in [-0.2, -0.15) is 18.3 Å². The van der Waals surface area contributed by atoms with Crippen LogP contribution in [0.1, 0.15) is 34.6 Å². The van der Waals surface area contributed by atoms with Crippen LogP contribution in [0.2, 0.25) is 0 Å². The number of aryl methyl sites for hydroxylation is 2. The fraction of sp³-hybridized carbons (Fsp3) is 0.529. The number of aromatic amines is 1. The summed E-state index contributed by atoms with van der Waals surface area (Å²) < 4.78 is 37.5. The van der Waals surface area contributed by atoms with Crippen LogP contribution in [0, 0.1) is 19.8 Å². The van der Waals surface area contributed by atoms with Crippen LogP contribution in [0.15, 0.2) is 17.1 Å². The molecular weight excluding hydrogens is 363 g/mol. The van der Waals surface area contributed by atoms with E-state index in [0.29, 0.717) is 42.3 Å². The third-order valence-electron chi connectivity index (χ3n) is 4.32.